The molecule has 1 N–H and O–H groups in total. The number of aliphatic hydroxyl groups is 1. The van der Waals surface area contributed by atoms with Crippen LogP contribution >= 0.6 is 11.8 Å². The lowest BCUT2D eigenvalue weighted by Gasteiger charge is -2.36. The van der Waals surface area contributed by atoms with Crippen molar-refractivity contribution in [2.75, 3.05) is 27.3 Å². The molecule has 2 aliphatic heterocycles. The Morgan fingerprint density at radius 2 is 1.93 bits per heavy atom. The number of benzene rings is 2. The Kier molecular flexibility index (Phi) is 5.02. The van der Waals surface area contributed by atoms with Crippen LogP contribution in [-0.2, 0) is 12.1 Å². The summed E-state index contributed by atoms with van der Waals surface area (Å²) in [5.41, 5.74) is 0.994. The number of ether oxygens (including phenoxy) is 2. The van der Waals surface area contributed by atoms with Gasteiger partial charge < -0.3 is 19.5 Å². The third-order valence-electron chi connectivity index (χ3n) is 5.26. The highest BCUT2D eigenvalue weighted by atomic mass is 32.2. The molecule has 1 saturated heterocycles. The fourth-order valence-corrected chi connectivity index (χ4v) is 5.28. The molecule has 2 unspecified atom stereocenters. The summed E-state index contributed by atoms with van der Waals surface area (Å²) >= 11 is 1.68. The Morgan fingerprint density at radius 3 is 2.67 bits per heavy atom. The van der Waals surface area contributed by atoms with Gasteiger partial charge in [-0.15, -0.1) is 0 Å². The van der Waals surface area contributed by atoms with E-state index in [9.17, 15) is 5.11 Å². The van der Waals surface area contributed by atoms with Crippen molar-refractivity contribution in [2.45, 2.75) is 23.8 Å². The van der Waals surface area contributed by atoms with Gasteiger partial charge in [-0.05, 0) is 30.5 Å². The van der Waals surface area contributed by atoms with Gasteiger partial charge in [-0.1, -0.05) is 48.2 Å². The Labute approximate surface area is 164 Å². The van der Waals surface area contributed by atoms with Gasteiger partial charge in [0.25, 0.3) is 0 Å². The number of thioether (sulfide) groups is 1. The van der Waals surface area contributed by atoms with Crippen molar-refractivity contribution >= 4 is 16.9 Å². The summed E-state index contributed by atoms with van der Waals surface area (Å²) in [6.07, 6.45) is 1.77. The van der Waals surface area contributed by atoms with E-state index in [0.29, 0.717) is 11.5 Å². The van der Waals surface area contributed by atoms with Gasteiger partial charge in [0.1, 0.15) is 0 Å². The fraction of sp³-hybridized carbons (Fsp3) is 0.381. The summed E-state index contributed by atoms with van der Waals surface area (Å²) in [6.45, 7) is 1.46. The number of amidine groups is 1. The van der Waals surface area contributed by atoms with Crippen molar-refractivity contribution < 1.29 is 14.6 Å². The molecular formula is C21H24N2O3S. The van der Waals surface area contributed by atoms with Crippen molar-refractivity contribution in [3.63, 3.8) is 0 Å². The van der Waals surface area contributed by atoms with Crippen LogP contribution in [0.2, 0.25) is 0 Å². The molecule has 0 spiro atoms. The summed E-state index contributed by atoms with van der Waals surface area (Å²) in [4.78, 5) is 6.63. The van der Waals surface area contributed by atoms with Gasteiger partial charge in [0.2, 0.25) is 0 Å². The molecule has 2 atom stereocenters. The van der Waals surface area contributed by atoms with Crippen molar-refractivity contribution in [1.29, 1.82) is 0 Å². The van der Waals surface area contributed by atoms with Crippen LogP contribution in [0.3, 0.4) is 0 Å². The second kappa shape index (κ2) is 7.44. The van der Waals surface area contributed by atoms with E-state index in [2.05, 4.69) is 29.3 Å². The number of rotatable bonds is 6. The predicted octanol–water partition coefficient (Wildman–Crippen LogP) is 3.27. The molecule has 2 aromatic carbocycles. The van der Waals surface area contributed by atoms with Gasteiger partial charge in [-0.2, -0.15) is 0 Å². The number of aliphatic imine (C=N–C) groups is 1. The van der Waals surface area contributed by atoms with Crippen LogP contribution in [0, 0.1) is 0 Å². The third kappa shape index (κ3) is 3.17. The van der Waals surface area contributed by atoms with Crippen LogP contribution in [0.5, 0.6) is 11.5 Å². The van der Waals surface area contributed by atoms with Crippen LogP contribution in [-0.4, -0.2) is 47.7 Å². The number of nitrogens with zero attached hydrogens (tertiary/aromatic N) is 2. The average molecular weight is 385 g/mol. The zero-order valence-corrected chi connectivity index (χ0v) is 16.4. The number of methoxy groups -OCH3 is 2. The Balaban J connectivity index is 1.66. The lowest BCUT2D eigenvalue weighted by molar-refractivity contribution is -0.0672. The molecule has 0 amide bonds. The monoisotopic (exact) mass is 384 g/mol. The maximum absolute atomic E-state index is 11.9. The molecule has 0 radical (unpaired) electrons. The lowest BCUT2D eigenvalue weighted by atomic mass is 9.93. The maximum Gasteiger partial charge on any atom is 0.178 e. The van der Waals surface area contributed by atoms with Crippen molar-refractivity contribution in [3.05, 3.63) is 59.7 Å². The second-order valence-corrected chi connectivity index (χ2v) is 7.91. The first-order chi connectivity index (χ1) is 13.2. The molecule has 0 bridgehead atoms. The van der Waals surface area contributed by atoms with Crippen LogP contribution in [0.4, 0.5) is 0 Å². The van der Waals surface area contributed by atoms with Gasteiger partial charge in [-0.25, -0.2) is 0 Å². The molecule has 2 aliphatic rings. The second-order valence-electron chi connectivity index (χ2n) is 6.74. The minimum absolute atomic E-state index is 0.00476. The van der Waals surface area contributed by atoms with E-state index >= 15 is 0 Å². The minimum atomic E-state index is -1.10. The molecule has 1 fully saturated rings. The molecule has 2 heterocycles. The first kappa shape index (κ1) is 18.2. The van der Waals surface area contributed by atoms with Crippen LogP contribution in [0.25, 0.3) is 0 Å². The largest absolute Gasteiger partial charge is 0.493 e. The van der Waals surface area contributed by atoms with Crippen molar-refractivity contribution in [1.82, 2.24) is 4.90 Å². The van der Waals surface area contributed by atoms with E-state index in [1.54, 1.807) is 26.0 Å². The SMILES string of the molecule is COc1ccc(C2(O)C(CCc3ccccc3)SC3=NCCN32)cc1OC. The zero-order valence-electron chi connectivity index (χ0n) is 15.6. The molecule has 4 rings (SSSR count). The van der Waals surface area contributed by atoms with Crippen LogP contribution in [0.1, 0.15) is 17.5 Å². The highest BCUT2D eigenvalue weighted by Gasteiger charge is 2.53. The first-order valence-electron chi connectivity index (χ1n) is 9.14. The maximum atomic E-state index is 11.9. The van der Waals surface area contributed by atoms with Gasteiger partial charge in [0.05, 0.1) is 26.0 Å². The summed E-state index contributed by atoms with van der Waals surface area (Å²) in [7, 11) is 3.23. The van der Waals surface area contributed by atoms with E-state index in [0.717, 1.165) is 36.7 Å². The molecule has 142 valence electrons. The van der Waals surface area contributed by atoms with Crippen LogP contribution < -0.4 is 9.47 Å². The highest BCUT2D eigenvalue weighted by molar-refractivity contribution is 8.14. The molecule has 27 heavy (non-hydrogen) atoms. The van der Waals surface area contributed by atoms with E-state index < -0.39 is 5.72 Å². The van der Waals surface area contributed by atoms with E-state index in [4.69, 9.17) is 9.47 Å². The molecule has 2 aromatic rings. The van der Waals surface area contributed by atoms with Crippen LogP contribution in [0.15, 0.2) is 53.5 Å². The van der Waals surface area contributed by atoms with Crippen molar-refractivity contribution in [2.24, 2.45) is 4.99 Å². The minimum Gasteiger partial charge on any atom is -0.493 e. The Morgan fingerprint density at radius 1 is 1.15 bits per heavy atom. The third-order valence-corrected chi connectivity index (χ3v) is 6.67. The molecule has 5 nitrogen and oxygen atoms in total. The highest BCUT2D eigenvalue weighted by Crippen LogP contribution is 2.49. The van der Waals surface area contributed by atoms with Gasteiger partial charge in [0.15, 0.2) is 22.4 Å². The number of aryl methyl sites for hydroxylation is 1. The quantitative estimate of drug-likeness (QED) is 0.828. The van der Waals surface area contributed by atoms with Crippen molar-refractivity contribution in [3.8, 4) is 11.5 Å². The van der Waals surface area contributed by atoms with Gasteiger partial charge >= 0.3 is 0 Å². The standard InChI is InChI=1S/C21H24N2O3S/c1-25-17-10-9-16(14-18(17)26-2)21(24)19(27-20-22-12-13-23(20)21)11-8-15-6-4-3-5-7-15/h3-7,9-10,14,19,24H,8,11-13H2,1-2H3. The fourth-order valence-electron chi connectivity index (χ4n) is 3.84. The number of fused-ring (bicyclic) bond motifs is 1. The van der Waals surface area contributed by atoms with E-state index in [1.807, 2.05) is 29.2 Å². The smallest absolute Gasteiger partial charge is 0.178 e. The number of hydrogen-bond acceptors (Lipinski definition) is 6. The average Bonchev–Trinajstić information content (AvgIpc) is 3.28. The molecule has 0 aliphatic carbocycles. The van der Waals surface area contributed by atoms with Gasteiger partial charge in [-0.3, -0.25) is 4.99 Å². The Bertz CT molecular complexity index is 843. The van der Waals surface area contributed by atoms with Gasteiger partial charge in [0, 0.05) is 12.1 Å². The summed E-state index contributed by atoms with van der Waals surface area (Å²) in [5.74, 6) is 1.28. The van der Waals surface area contributed by atoms with E-state index in [-0.39, 0.29) is 5.25 Å². The molecule has 0 saturated carbocycles. The lowest BCUT2D eigenvalue weighted by Crippen LogP contribution is -2.48. The number of hydrogen-bond donors (Lipinski definition) is 1. The van der Waals surface area contributed by atoms with E-state index in [1.165, 1.54) is 5.56 Å². The molecule has 0 aromatic heterocycles. The molecule has 6 heteroatoms. The summed E-state index contributed by atoms with van der Waals surface area (Å²) in [6, 6.07) is 16.1. The normalized spacial score (nSPS) is 23.9. The predicted molar refractivity (Wildman–Crippen MR) is 109 cm³/mol. The first-order valence-corrected chi connectivity index (χ1v) is 10.0. The zero-order chi connectivity index (χ0) is 18.9. The molecular weight excluding hydrogens is 360 g/mol. The Hall–Kier alpha value is -2.18. The summed E-state index contributed by atoms with van der Waals surface area (Å²) in [5, 5.41) is 12.8. The summed E-state index contributed by atoms with van der Waals surface area (Å²) < 4.78 is 10.8. The topological polar surface area (TPSA) is 54.3 Å².